The minimum Gasteiger partial charge on any atom is -0.455 e. The molecular formula is C18H24BrNO5S2. The van der Waals surface area contributed by atoms with E-state index in [9.17, 15) is 18.0 Å². The predicted molar refractivity (Wildman–Crippen MR) is 110 cm³/mol. The Kier molecular flexibility index (Phi) is 8.62. The number of nitrogens with zero attached hydrogens (tertiary/aromatic N) is 1. The van der Waals surface area contributed by atoms with E-state index in [4.69, 9.17) is 4.74 Å². The van der Waals surface area contributed by atoms with Gasteiger partial charge in [-0.3, -0.25) is 9.59 Å². The van der Waals surface area contributed by atoms with Gasteiger partial charge < -0.3 is 9.64 Å². The van der Waals surface area contributed by atoms with Crippen molar-refractivity contribution in [2.75, 3.05) is 30.4 Å². The Bertz CT molecular complexity index is 752. The number of carbonyl (C=O) groups is 2. The lowest BCUT2D eigenvalue weighted by atomic mass is 10.2. The van der Waals surface area contributed by atoms with Gasteiger partial charge in [0.05, 0.1) is 17.3 Å². The van der Waals surface area contributed by atoms with E-state index in [0.717, 1.165) is 22.2 Å². The Balaban J connectivity index is 1.83. The second kappa shape index (κ2) is 10.5. The zero-order chi connectivity index (χ0) is 19.9. The molecule has 1 saturated heterocycles. The minimum atomic E-state index is -3.08. The number of rotatable bonds is 9. The SMILES string of the molecule is CCCCN(C(=O)COC(=O)CSc1ccc(Br)cc1)C1CCS(=O)(=O)C1. The summed E-state index contributed by atoms with van der Waals surface area (Å²) in [7, 11) is -3.08. The fourth-order valence-electron chi connectivity index (χ4n) is 2.80. The van der Waals surface area contributed by atoms with Crippen LogP contribution in [0, 0.1) is 0 Å². The van der Waals surface area contributed by atoms with Crippen LogP contribution < -0.4 is 0 Å². The van der Waals surface area contributed by atoms with Crippen molar-refractivity contribution in [3.05, 3.63) is 28.7 Å². The van der Waals surface area contributed by atoms with Gasteiger partial charge in [-0.15, -0.1) is 11.8 Å². The predicted octanol–water partition coefficient (Wildman–Crippen LogP) is 2.90. The molecule has 1 heterocycles. The smallest absolute Gasteiger partial charge is 0.316 e. The van der Waals surface area contributed by atoms with Crippen LogP contribution in [0.2, 0.25) is 0 Å². The van der Waals surface area contributed by atoms with Gasteiger partial charge in [0.15, 0.2) is 16.4 Å². The van der Waals surface area contributed by atoms with Crippen LogP contribution in [0.3, 0.4) is 0 Å². The molecule has 27 heavy (non-hydrogen) atoms. The summed E-state index contributed by atoms with van der Waals surface area (Å²) in [6, 6.07) is 7.24. The molecule has 0 aliphatic carbocycles. The standard InChI is InChI=1S/C18H24BrNO5S2/c1-2-3-9-20(15-8-10-27(23,24)13-15)17(21)11-25-18(22)12-26-16-6-4-14(19)5-7-16/h4-7,15H,2-3,8-13H2,1H3. The van der Waals surface area contributed by atoms with Crippen LogP contribution in [0.15, 0.2) is 33.6 Å². The van der Waals surface area contributed by atoms with Crippen molar-refractivity contribution in [3.63, 3.8) is 0 Å². The van der Waals surface area contributed by atoms with Gasteiger partial charge in [0.25, 0.3) is 5.91 Å². The van der Waals surface area contributed by atoms with Gasteiger partial charge in [0.1, 0.15) is 0 Å². The number of esters is 1. The summed E-state index contributed by atoms with van der Waals surface area (Å²) < 4.78 is 29.5. The van der Waals surface area contributed by atoms with E-state index in [1.807, 2.05) is 31.2 Å². The molecule has 1 atom stereocenters. The first-order chi connectivity index (χ1) is 12.8. The maximum Gasteiger partial charge on any atom is 0.316 e. The van der Waals surface area contributed by atoms with Crippen LogP contribution in [-0.4, -0.2) is 61.6 Å². The van der Waals surface area contributed by atoms with Gasteiger partial charge in [0.2, 0.25) is 0 Å². The monoisotopic (exact) mass is 477 g/mol. The lowest BCUT2D eigenvalue weighted by molar-refractivity contribution is -0.150. The van der Waals surface area contributed by atoms with Crippen LogP contribution in [-0.2, 0) is 24.2 Å². The number of amides is 1. The molecule has 1 fully saturated rings. The number of sulfone groups is 1. The molecule has 2 rings (SSSR count). The van der Waals surface area contributed by atoms with Crippen molar-refractivity contribution >= 4 is 49.4 Å². The molecule has 1 aliphatic heterocycles. The Hall–Kier alpha value is -1.06. The average Bonchev–Trinajstić information content (AvgIpc) is 2.99. The Morgan fingerprint density at radius 1 is 1.30 bits per heavy atom. The van der Waals surface area contributed by atoms with Gasteiger partial charge in [-0.25, -0.2) is 8.42 Å². The van der Waals surface area contributed by atoms with Gasteiger partial charge in [-0.1, -0.05) is 29.3 Å². The quantitative estimate of drug-likeness (QED) is 0.401. The molecule has 9 heteroatoms. The van der Waals surface area contributed by atoms with E-state index in [1.165, 1.54) is 11.8 Å². The maximum atomic E-state index is 12.5. The third-order valence-electron chi connectivity index (χ3n) is 4.25. The zero-order valence-corrected chi connectivity index (χ0v) is 18.4. The summed E-state index contributed by atoms with van der Waals surface area (Å²) in [4.78, 5) is 26.9. The fourth-order valence-corrected chi connectivity index (χ4v) is 5.49. The van der Waals surface area contributed by atoms with Gasteiger partial charge in [-0.2, -0.15) is 0 Å². The van der Waals surface area contributed by atoms with Crippen molar-refractivity contribution in [2.24, 2.45) is 0 Å². The number of carbonyl (C=O) groups excluding carboxylic acids is 2. The highest BCUT2D eigenvalue weighted by atomic mass is 79.9. The highest BCUT2D eigenvalue weighted by Gasteiger charge is 2.34. The Labute approximate surface area is 173 Å². The average molecular weight is 478 g/mol. The number of halogens is 1. The first kappa shape index (κ1) is 22.2. The van der Waals surface area contributed by atoms with Crippen LogP contribution in [0.4, 0.5) is 0 Å². The van der Waals surface area contributed by atoms with Crippen LogP contribution >= 0.6 is 27.7 Å². The topological polar surface area (TPSA) is 80.8 Å². The third kappa shape index (κ3) is 7.46. The van der Waals surface area contributed by atoms with Crippen LogP contribution in [0.25, 0.3) is 0 Å². The van der Waals surface area contributed by atoms with Crippen molar-refractivity contribution in [2.45, 2.75) is 37.1 Å². The molecule has 0 N–H and O–H groups in total. The normalized spacial score (nSPS) is 18.2. The number of thioether (sulfide) groups is 1. The maximum absolute atomic E-state index is 12.5. The molecule has 0 saturated carbocycles. The van der Waals surface area contributed by atoms with E-state index in [1.54, 1.807) is 4.90 Å². The zero-order valence-electron chi connectivity index (χ0n) is 15.2. The van der Waals surface area contributed by atoms with E-state index in [2.05, 4.69) is 15.9 Å². The van der Waals surface area contributed by atoms with E-state index < -0.39 is 15.8 Å². The molecule has 0 radical (unpaired) electrons. The van der Waals surface area contributed by atoms with E-state index in [-0.39, 0.29) is 35.8 Å². The van der Waals surface area contributed by atoms with Gasteiger partial charge in [-0.05, 0) is 37.1 Å². The summed E-state index contributed by atoms with van der Waals surface area (Å²) in [5.41, 5.74) is 0. The second-order valence-electron chi connectivity index (χ2n) is 6.40. The summed E-state index contributed by atoms with van der Waals surface area (Å²) in [5.74, 6) is -0.576. The van der Waals surface area contributed by atoms with Crippen molar-refractivity contribution < 1.29 is 22.7 Å². The third-order valence-corrected chi connectivity index (χ3v) is 7.51. The number of ether oxygens (including phenoxy) is 1. The molecule has 6 nitrogen and oxygen atoms in total. The largest absolute Gasteiger partial charge is 0.455 e. The molecule has 150 valence electrons. The van der Waals surface area contributed by atoms with Gasteiger partial charge >= 0.3 is 5.97 Å². The molecule has 1 aromatic rings. The lowest BCUT2D eigenvalue weighted by Crippen LogP contribution is -2.44. The summed E-state index contributed by atoms with van der Waals surface area (Å²) >= 11 is 4.69. The molecule has 0 aromatic heterocycles. The minimum absolute atomic E-state index is 0.00415. The van der Waals surface area contributed by atoms with Gasteiger partial charge in [0, 0.05) is 22.0 Å². The van der Waals surface area contributed by atoms with E-state index >= 15 is 0 Å². The van der Waals surface area contributed by atoms with Crippen molar-refractivity contribution in [1.82, 2.24) is 4.90 Å². The second-order valence-corrected chi connectivity index (χ2v) is 10.6. The Morgan fingerprint density at radius 3 is 2.59 bits per heavy atom. The molecule has 0 spiro atoms. The summed E-state index contributed by atoms with van der Waals surface area (Å²) in [5, 5.41) is 0. The first-order valence-electron chi connectivity index (χ1n) is 8.84. The molecule has 1 aromatic carbocycles. The molecule has 1 unspecified atom stereocenters. The molecule has 1 aliphatic rings. The molecular weight excluding hydrogens is 454 g/mol. The highest BCUT2D eigenvalue weighted by molar-refractivity contribution is 9.10. The fraction of sp³-hybridized carbons (Fsp3) is 0.556. The van der Waals surface area contributed by atoms with Crippen LogP contribution in [0.1, 0.15) is 26.2 Å². The van der Waals surface area contributed by atoms with Crippen molar-refractivity contribution in [3.8, 4) is 0 Å². The van der Waals surface area contributed by atoms with Crippen LogP contribution in [0.5, 0.6) is 0 Å². The number of hydrogen-bond donors (Lipinski definition) is 0. The molecule has 1 amide bonds. The summed E-state index contributed by atoms with van der Waals surface area (Å²) in [6.45, 7) is 2.15. The van der Waals surface area contributed by atoms with Crippen molar-refractivity contribution in [1.29, 1.82) is 0 Å². The number of hydrogen-bond acceptors (Lipinski definition) is 6. The Morgan fingerprint density at radius 2 is 2.00 bits per heavy atom. The molecule has 0 bridgehead atoms. The number of benzene rings is 1. The van der Waals surface area contributed by atoms with E-state index in [0.29, 0.717) is 13.0 Å². The number of unbranched alkanes of at least 4 members (excludes halogenated alkanes) is 1. The highest BCUT2D eigenvalue weighted by Crippen LogP contribution is 2.21. The first-order valence-corrected chi connectivity index (χ1v) is 12.4. The summed E-state index contributed by atoms with van der Waals surface area (Å²) in [6.07, 6.45) is 2.13. The lowest BCUT2D eigenvalue weighted by Gasteiger charge is -2.28.